The predicted octanol–water partition coefficient (Wildman–Crippen LogP) is 3.54. The first-order chi connectivity index (χ1) is 13.1. The van der Waals surface area contributed by atoms with Crippen molar-refractivity contribution in [1.82, 2.24) is 9.88 Å². The molecule has 2 heterocycles. The van der Waals surface area contributed by atoms with Crippen LogP contribution >= 0.6 is 0 Å². The third kappa shape index (κ3) is 2.93. The van der Waals surface area contributed by atoms with E-state index in [4.69, 9.17) is 0 Å². The molecule has 0 N–H and O–H groups in total. The van der Waals surface area contributed by atoms with Crippen LogP contribution in [0.5, 0.6) is 0 Å². The van der Waals surface area contributed by atoms with E-state index in [1.54, 1.807) is 43.3 Å². The Morgan fingerprint density at radius 1 is 0.926 bits per heavy atom. The fraction of sp³-hybridized carbons (Fsp3) is 0.0909. The van der Waals surface area contributed by atoms with E-state index < -0.39 is 11.8 Å². The third-order valence-electron chi connectivity index (χ3n) is 4.60. The summed E-state index contributed by atoms with van der Waals surface area (Å²) >= 11 is 0. The quantitative estimate of drug-likeness (QED) is 0.530. The van der Waals surface area contributed by atoms with Crippen molar-refractivity contribution in [2.45, 2.75) is 6.92 Å². The molecule has 0 aliphatic carbocycles. The highest BCUT2D eigenvalue weighted by molar-refractivity contribution is 6.23. The molecule has 0 saturated carbocycles. The second kappa shape index (κ2) is 6.61. The van der Waals surface area contributed by atoms with Crippen molar-refractivity contribution >= 4 is 17.6 Å². The van der Waals surface area contributed by atoms with Gasteiger partial charge in [0.1, 0.15) is 0 Å². The molecule has 1 aliphatic rings. The van der Waals surface area contributed by atoms with E-state index in [0.717, 1.165) is 10.5 Å². The minimum atomic E-state index is -0.469. The fourth-order valence-electron chi connectivity index (χ4n) is 3.24. The van der Waals surface area contributed by atoms with Gasteiger partial charge >= 0.3 is 0 Å². The number of pyridine rings is 1. The molecule has 5 heteroatoms. The topological polar surface area (TPSA) is 67.3 Å². The Balaban J connectivity index is 1.68. The lowest BCUT2D eigenvalue weighted by Gasteiger charge is -2.12. The maximum absolute atomic E-state index is 12.8. The monoisotopic (exact) mass is 356 g/mol. The average molecular weight is 356 g/mol. The van der Waals surface area contributed by atoms with Crippen LogP contribution in [-0.4, -0.2) is 34.0 Å². The summed E-state index contributed by atoms with van der Waals surface area (Å²) in [6.07, 6.45) is 0. The number of amides is 2. The number of nitrogens with zero attached hydrogens (tertiary/aromatic N) is 2. The first kappa shape index (κ1) is 16.8. The number of hydrogen-bond acceptors (Lipinski definition) is 4. The maximum atomic E-state index is 12.8. The number of ketones is 1. The Morgan fingerprint density at radius 3 is 2.22 bits per heavy atom. The number of Topliss-reactive ketones (excluding diaryl/α,β-unsaturated/α-hetero) is 1. The van der Waals surface area contributed by atoms with Crippen LogP contribution in [0.2, 0.25) is 0 Å². The van der Waals surface area contributed by atoms with Gasteiger partial charge in [0.25, 0.3) is 11.8 Å². The molecule has 0 atom stereocenters. The van der Waals surface area contributed by atoms with E-state index in [2.05, 4.69) is 4.98 Å². The van der Waals surface area contributed by atoms with Gasteiger partial charge in [-0.15, -0.1) is 0 Å². The van der Waals surface area contributed by atoms with E-state index in [1.807, 2.05) is 30.3 Å². The summed E-state index contributed by atoms with van der Waals surface area (Å²) in [7, 11) is 0. The maximum Gasteiger partial charge on any atom is 0.263 e. The zero-order chi connectivity index (χ0) is 19.0. The molecular weight excluding hydrogens is 340 g/mol. The number of benzene rings is 2. The van der Waals surface area contributed by atoms with Gasteiger partial charge in [0.2, 0.25) is 0 Å². The molecule has 27 heavy (non-hydrogen) atoms. The number of aromatic nitrogens is 1. The van der Waals surface area contributed by atoms with Gasteiger partial charge in [0.05, 0.1) is 29.1 Å². The lowest BCUT2D eigenvalue weighted by Crippen LogP contribution is -2.35. The predicted molar refractivity (Wildman–Crippen MR) is 101 cm³/mol. The number of rotatable bonds is 4. The number of carbonyl (C=O) groups excluding carboxylic acids is 3. The fourth-order valence-corrected chi connectivity index (χ4v) is 3.24. The van der Waals surface area contributed by atoms with Crippen LogP contribution in [0.4, 0.5) is 0 Å². The molecule has 0 unspecified atom stereocenters. The molecule has 3 aromatic rings. The highest BCUT2D eigenvalue weighted by Gasteiger charge is 2.38. The molecule has 0 fully saturated rings. The summed E-state index contributed by atoms with van der Waals surface area (Å²) in [5.74, 6) is -1.20. The van der Waals surface area contributed by atoms with Crippen LogP contribution in [0.15, 0.2) is 66.7 Å². The molecule has 0 bridgehead atoms. The van der Waals surface area contributed by atoms with E-state index in [9.17, 15) is 14.4 Å². The van der Waals surface area contributed by atoms with Crippen molar-refractivity contribution in [3.8, 4) is 11.3 Å². The van der Waals surface area contributed by atoms with Crippen molar-refractivity contribution in [3.63, 3.8) is 0 Å². The number of imide groups is 1. The van der Waals surface area contributed by atoms with E-state index >= 15 is 0 Å². The minimum absolute atomic E-state index is 0.278. The highest BCUT2D eigenvalue weighted by Crippen LogP contribution is 2.29. The summed E-state index contributed by atoms with van der Waals surface area (Å²) in [5.41, 5.74) is 3.02. The molecule has 132 valence electrons. The molecule has 0 spiro atoms. The number of carbonyl (C=O) groups is 3. The molecular formula is C22H16N2O3. The van der Waals surface area contributed by atoms with E-state index in [0.29, 0.717) is 22.5 Å². The molecule has 2 aromatic carbocycles. The van der Waals surface area contributed by atoms with Gasteiger partial charge in [-0.2, -0.15) is 0 Å². The Bertz CT molecular complexity index is 1060. The van der Waals surface area contributed by atoms with Crippen molar-refractivity contribution in [1.29, 1.82) is 0 Å². The minimum Gasteiger partial charge on any atom is -0.292 e. The summed E-state index contributed by atoms with van der Waals surface area (Å²) in [5, 5.41) is 0. The average Bonchev–Trinajstić information content (AvgIpc) is 2.94. The van der Waals surface area contributed by atoms with Crippen LogP contribution in [-0.2, 0) is 0 Å². The van der Waals surface area contributed by atoms with Gasteiger partial charge < -0.3 is 0 Å². The summed E-state index contributed by atoms with van der Waals surface area (Å²) < 4.78 is 0. The zero-order valence-corrected chi connectivity index (χ0v) is 14.7. The molecule has 0 radical (unpaired) electrons. The van der Waals surface area contributed by atoms with Gasteiger partial charge in [-0.25, -0.2) is 0 Å². The first-order valence-corrected chi connectivity index (χ1v) is 8.58. The Kier molecular flexibility index (Phi) is 4.12. The van der Waals surface area contributed by atoms with E-state index in [-0.39, 0.29) is 17.9 Å². The lowest BCUT2D eigenvalue weighted by molar-refractivity contribution is 0.0624. The number of fused-ring (bicyclic) bond motifs is 1. The largest absolute Gasteiger partial charge is 0.292 e. The first-order valence-electron chi connectivity index (χ1n) is 8.58. The van der Waals surface area contributed by atoms with Crippen LogP contribution < -0.4 is 0 Å². The second-order valence-corrected chi connectivity index (χ2v) is 6.37. The number of aryl methyl sites for hydroxylation is 1. The summed E-state index contributed by atoms with van der Waals surface area (Å²) in [4.78, 5) is 43.5. The third-order valence-corrected chi connectivity index (χ3v) is 4.60. The van der Waals surface area contributed by atoms with Crippen molar-refractivity contribution in [2.24, 2.45) is 0 Å². The standard InChI is InChI=1S/C22H16N2O3/c1-14-20-17(12-18(23-14)15-8-4-2-5-9-15)21(26)24(22(20)27)13-19(25)16-10-6-3-7-11-16/h2-12H,13H2,1H3. The lowest BCUT2D eigenvalue weighted by atomic mass is 10.0. The van der Waals surface area contributed by atoms with Gasteiger partial charge in [0.15, 0.2) is 5.78 Å². The molecule has 0 saturated heterocycles. The SMILES string of the molecule is Cc1nc(-c2ccccc2)cc2c1C(=O)N(CC(=O)c1ccccc1)C2=O. The van der Waals surface area contributed by atoms with Gasteiger partial charge in [-0.05, 0) is 13.0 Å². The van der Waals surface area contributed by atoms with Gasteiger partial charge in [0, 0.05) is 11.1 Å². The van der Waals surface area contributed by atoms with Gasteiger partial charge in [-0.3, -0.25) is 24.3 Å². The van der Waals surface area contributed by atoms with Crippen LogP contribution in [0.25, 0.3) is 11.3 Å². The second-order valence-electron chi connectivity index (χ2n) is 6.37. The van der Waals surface area contributed by atoms with Crippen LogP contribution in [0, 0.1) is 6.92 Å². The van der Waals surface area contributed by atoms with Crippen LogP contribution in [0.3, 0.4) is 0 Å². The summed E-state index contributed by atoms with van der Waals surface area (Å²) in [6.45, 7) is 1.43. The summed E-state index contributed by atoms with van der Waals surface area (Å²) in [6, 6.07) is 19.7. The highest BCUT2D eigenvalue weighted by atomic mass is 16.2. The Labute approximate surface area is 156 Å². The Hall–Kier alpha value is -3.60. The van der Waals surface area contributed by atoms with Gasteiger partial charge in [-0.1, -0.05) is 60.7 Å². The van der Waals surface area contributed by atoms with Crippen LogP contribution in [0.1, 0.15) is 36.8 Å². The van der Waals surface area contributed by atoms with Crippen molar-refractivity contribution in [3.05, 3.63) is 89.1 Å². The smallest absolute Gasteiger partial charge is 0.263 e. The van der Waals surface area contributed by atoms with Crippen molar-refractivity contribution in [2.75, 3.05) is 6.54 Å². The molecule has 5 nitrogen and oxygen atoms in total. The van der Waals surface area contributed by atoms with Crippen molar-refractivity contribution < 1.29 is 14.4 Å². The normalized spacial score (nSPS) is 13.0. The molecule has 1 aromatic heterocycles. The zero-order valence-electron chi connectivity index (χ0n) is 14.7. The number of hydrogen-bond donors (Lipinski definition) is 0. The molecule has 1 aliphatic heterocycles. The molecule has 4 rings (SSSR count). The van der Waals surface area contributed by atoms with E-state index in [1.165, 1.54) is 0 Å². The molecule has 2 amide bonds. The Morgan fingerprint density at radius 2 is 1.56 bits per heavy atom.